The van der Waals surface area contributed by atoms with Crippen LogP contribution in [0.4, 0.5) is 11.4 Å². The van der Waals surface area contributed by atoms with Crippen LogP contribution in [0.1, 0.15) is 20.7 Å². The number of hydrogen-bond acceptors (Lipinski definition) is 10. The number of aromatic carboxylic acids is 2. The molecule has 52 heavy (non-hydrogen) atoms. The SMILES string of the molecule is Nc1ccc(-c2c3ccc(=O)cc-3oc3cc(O)ccc23)c(C(=O)O)c1.Nc1ccc(C(=O)O)c(-c2c3ccc(=O)cc-3oc3cc(O)ccc23)c1. The van der Waals surface area contributed by atoms with E-state index in [4.69, 9.17) is 20.3 Å². The van der Waals surface area contributed by atoms with Gasteiger partial charge in [-0.1, -0.05) is 6.07 Å². The van der Waals surface area contributed by atoms with Crippen molar-refractivity contribution in [2.45, 2.75) is 0 Å². The number of carbonyl (C=O) groups is 2. The molecule has 0 saturated carbocycles. The average Bonchev–Trinajstić information content (AvgIpc) is 3.09. The van der Waals surface area contributed by atoms with Crippen molar-refractivity contribution in [3.63, 3.8) is 0 Å². The largest absolute Gasteiger partial charge is 0.508 e. The van der Waals surface area contributed by atoms with Crippen molar-refractivity contribution in [3.05, 3.63) is 141 Å². The first kappa shape index (κ1) is 32.9. The van der Waals surface area contributed by atoms with E-state index in [2.05, 4.69) is 0 Å². The highest BCUT2D eigenvalue weighted by Crippen LogP contribution is 2.44. The number of phenolic OH excluding ortho intramolecular Hbond substituents is 2. The number of fused-ring (bicyclic) bond motifs is 4. The van der Waals surface area contributed by atoms with Crippen molar-refractivity contribution in [2.75, 3.05) is 11.5 Å². The summed E-state index contributed by atoms with van der Waals surface area (Å²) in [6.45, 7) is 0. The highest BCUT2D eigenvalue weighted by atomic mass is 16.4. The van der Waals surface area contributed by atoms with Gasteiger partial charge in [0.15, 0.2) is 10.9 Å². The first-order valence-corrected chi connectivity index (χ1v) is 15.5. The Morgan fingerprint density at radius 3 is 1.46 bits per heavy atom. The maximum Gasteiger partial charge on any atom is 0.336 e. The van der Waals surface area contributed by atoms with Gasteiger partial charge in [0.1, 0.15) is 34.2 Å². The molecule has 0 aromatic heterocycles. The van der Waals surface area contributed by atoms with Gasteiger partial charge in [-0.2, -0.15) is 0 Å². The fourth-order valence-electron chi connectivity index (χ4n) is 6.21. The molecule has 2 heterocycles. The molecule has 2 aliphatic heterocycles. The summed E-state index contributed by atoms with van der Waals surface area (Å²) >= 11 is 0. The molecule has 8 N–H and O–H groups in total. The zero-order valence-electron chi connectivity index (χ0n) is 26.8. The van der Waals surface area contributed by atoms with Crippen LogP contribution in [0.5, 0.6) is 11.5 Å². The van der Waals surface area contributed by atoms with E-state index < -0.39 is 11.9 Å². The lowest BCUT2D eigenvalue weighted by molar-refractivity contribution is 0.0687. The minimum Gasteiger partial charge on any atom is -0.508 e. The topological polar surface area (TPSA) is 228 Å². The predicted molar refractivity (Wildman–Crippen MR) is 195 cm³/mol. The predicted octanol–water partition coefficient (Wildman–Crippen LogP) is 7.10. The standard InChI is InChI=1S/2C20H13NO5/c21-10-1-4-13(20(24)25)16(7-10)19-14-5-2-11(22)8-17(14)26-18-9-12(23)3-6-15(18)19;21-10-1-4-13(16(7-10)20(24)25)19-14-5-2-11(22)8-17(14)26-18-9-12(23)3-6-15(18)19/h2*1-9,22H,21H2,(H,24,25). The number of phenols is 2. The lowest BCUT2D eigenvalue weighted by Crippen LogP contribution is -2.04. The van der Waals surface area contributed by atoms with Gasteiger partial charge in [0.2, 0.25) is 0 Å². The van der Waals surface area contributed by atoms with Crippen molar-refractivity contribution >= 4 is 45.3 Å². The maximum absolute atomic E-state index is 11.8. The highest BCUT2D eigenvalue weighted by molar-refractivity contribution is 6.09. The quantitative estimate of drug-likeness (QED) is 0.0801. The molecule has 0 saturated heterocycles. The van der Waals surface area contributed by atoms with Crippen LogP contribution >= 0.6 is 0 Å². The van der Waals surface area contributed by atoms with Gasteiger partial charge in [0, 0.05) is 68.7 Å². The molecule has 0 atom stereocenters. The molecule has 0 radical (unpaired) electrons. The van der Waals surface area contributed by atoms with E-state index in [1.54, 1.807) is 42.5 Å². The number of nitrogens with two attached hydrogens (primary N) is 2. The van der Waals surface area contributed by atoms with E-state index in [0.29, 0.717) is 78.2 Å². The summed E-state index contributed by atoms with van der Waals surface area (Å²) in [6.07, 6.45) is 0. The lowest BCUT2D eigenvalue weighted by atomic mass is 9.90. The van der Waals surface area contributed by atoms with E-state index in [9.17, 15) is 39.6 Å². The molecule has 4 aromatic carbocycles. The third kappa shape index (κ3) is 5.96. The molecule has 0 unspecified atom stereocenters. The van der Waals surface area contributed by atoms with Crippen LogP contribution in [0.2, 0.25) is 0 Å². The first-order valence-electron chi connectivity index (χ1n) is 15.5. The Kier molecular flexibility index (Phi) is 8.04. The fourth-order valence-corrected chi connectivity index (χ4v) is 6.21. The summed E-state index contributed by atoms with van der Waals surface area (Å²) in [6, 6.07) is 26.9. The van der Waals surface area contributed by atoms with Crippen molar-refractivity contribution in [3.8, 4) is 56.4 Å². The Morgan fingerprint density at radius 1 is 0.481 bits per heavy atom. The molecule has 4 aromatic rings. The first-order chi connectivity index (χ1) is 24.9. The number of nitrogen functional groups attached to an aromatic ring is 2. The second-order valence-corrected chi connectivity index (χ2v) is 11.9. The molecule has 12 heteroatoms. The summed E-state index contributed by atoms with van der Waals surface area (Å²) < 4.78 is 11.5. The second kappa shape index (κ2) is 12.7. The third-order valence-corrected chi connectivity index (χ3v) is 8.44. The number of anilines is 2. The number of aromatic hydroxyl groups is 2. The zero-order chi connectivity index (χ0) is 36.8. The van der Waals surface area contributed by atoms with Gasteiger partial charge in [0.25, 0.3) is 0 Å². The number of benzene rings is 6. The van der Waals surface area contributed by atoms with Crippen LogP contribution in [0.15, 0.2) is 128 Å². The molecule has 0 bridgehead atoms. The van der Waals surface area contributed by atoms with Crippen molar-refractivity contribution < 1.29 is 38.8 Å². The number of carboxylic acid groups (broad SMARTS) is 2. The van der Waals surface area contributed by atoms with E-state index >= 15 is 0 Å². The minimum absolute atomic E-state index is 0.000548. The van der Waals surface area contributed by atoms with E-state index in [0.717, 1.165) is 0 Å². The molecule has 2 aliphatic carbocycles. The Balaban J connectivity index is 0.000000162. The molecule has 4 aliphatic rings. The molecule has 0 amide bonds. The van der Waals surface area contributed by atoms with Crippen molar-refractivity contribution in [1.82, 2.24) is 0 Å². The van der Waals surface area contributed by atoms with E-state index in [1.165, 1.54) is 66.7 Å². The monoisotopic (exact) mass is 694 g/mol. The normalized spacial score (nSPS) is 11.1. The summed E-state index contributed by atoms with van der Waals surface area (Å²) in [5, 5.41) is 40.0. The summed E-state index contributed by atoms with van der Waals surface area (Å²) in [5.41, 5.74) is 15.9. The summed E-state index contributed by atoms with van der Waals surface area (Å²) in [4.78, 5) is 47.0. The van der Waals surface area contributed by atoms with Gasteiger partial charge in [-0.15, -0.1) is 0 Å². The smallest absolute Gasteiger partial charge is 0.336 e. The van der Waals surface area contributed by atoms with E-state index in [1.807, 2.05) is 0 Å². The number of rotatable bonds is 4. The van der Waals surface area contributed by atoms with Gasteiger partial charge in [-0.25, -0.2) is 9.59 Å². The van der Waals surface area contributed by atoms with Crippen LogP contribution in [-0.4, -0.2) is 32.4 Å². The minimum atomic E-state index is -1.12. The second-order valence-electron chi connectivity index (χ2n) is 11.9. The van der Waals surface area contributed by atoms with Gasteiger partial charge < -0.3 is 40.7 Å². The average molecular weight is 695 g/mol. The van der Waals surface area contributed by atoms with Gasteiger partial charge in [0.05, 0.1) is 11.1 Å². The van der Waals surface area contributed by atoms with E-state index in [-0.39, 0.29) is 33.5 Å². The molecular weight excluding hydrogens is 668 g/mol. The summed E-state index contributed by atoms with van der Waals surface area (Å²) in [7, 11) is 0. The Bertz CT molecular complexity index is 2800. The Labute approximate surface area is 292 Å². The molecule has 12 nitrogen and oxygen atoms in total. The van der Waals surface area contributed by atoms with Crippen LogP contribution in [0.3, 0.4) is 0 Å². The van der Waals surface area contributed by atoms with Gasteiger partial charge >= 0.3 is 11.9 Å². The van der Waals surface area contributed by atoms with Crippen LogP contribution in [0.25, 0.3) is 66.8 Å². The Hall–Kier alpha value is -7.60. The fraction of sp³-hybridized carbons (Fsp3) is 0. The van der Waals surface area contributed by atoms with Crippen LogP contribution in [-0.2, 0) is 0 Å². The van der Waals surface area contributed by atoms with Crippen LogP contribution in [0, 0.1) is 0 Å². The number of carboxylic acids is 2. The third-order valence-electron chi connectivity index (χ3n) is 8.44. The molecule has 0 fully saturated rings. The molecule has 0 spiro atoms. The molecule has 256 valence electrons. The Morgan fingerprint density at radius 2 is 0.942 bits per heavy atom. The van der Waals surface area contributed by atoms with Crippen molar-refractivity contribution in [1.29, 1.82) is 0 Å². The zero-order valence-corrected chi connectivity index (χ0v) is 26.8. The number of hydrogen-bond donors (Lipinski definition) is 6. The maximum atomic E-state index is 11.8. The van der Waals surface area contributed by atoms with Gasteiger partial charge in [-0.3, -0.25) is 9.59 Å². The lowest BCUT2D eigenvalue weighted by Gasteiger charge is -2.17. The van der Waals surface area contributed by atoms with Gasteiger partial charge in [-0.05, 0) is 90.0 Å². The molecular formula is C40H26N2O10. The van der Waals surface area contributed by atoms with Crippen LogP contribution < -0.4 is 22.3 Å². The molecule has 8 rings (SSSR count). The van der Waals surface area contributed by atoms with Crippen molar-refractivity contribution in [2.24, 2.45) is 0 Å². The summed E-state index contributed by atoms with van der Waals surface area (Å²) in [5.74, 6) is -1.62. The highest BCUT2D eigenvalue weighted by Gasteiger charge is 2.23.